The van der Waals surface area contributed by atoms with Crippen LogP contribution in [-0.4, -0.2) is 30.1 Å². The zero-order valence-corrected chi connectivity index (χ0v) is 11.2. The van der Waals surface area contributed by atoms with Crippen molar-refractivity contribution in [3.05, 3.63) is 41.6 Å². The van der Waals surface area contributed by atoms with Crippen LogP contribution in [0.25, 0.3) is 5.69 Å². The van der Waals surface area contributed by atoms with Crippen LogP contribution in [0.1, 0.15) is 11.3 Å². The predicted molar refractivity (Wildman–Crippen MR) is 75.5 cm³/mol. The van der Waals surface area contributed by atoms with Crippen LogP contribution in [0, 0.1) is 0 Å². The molecule has 0 saturated heterocycles. The lowest BCUT2D eigenvalue weighted by Gasteiger charge is -2.25. The smallest absolute Gasteiger partial charge is 0.410 e. The van der Waals surface area contributed by atoms with Crippen LogP contribution in [0.4, 0.5) is 10.6 Å². The van der Waals surface area contributed by atoms with Crippen molar-refractivity contribution in [2.24, 2.45) is 0 Å². The maximum Gasteiger partial charge on any atom is 0.410 e. The fourth-order valence-corrected chi connectivity index (χ4v) is 3.79. The number of aromatic nitrogens is 2. The van der Waals surface area contributed by atoms with Crippen LogP contribution in [0.5, 0.6) is 0 Å². The molecule has 0 unspecified atom stereocenters. The fourth-order valence-electron chi connectivity index (χ4n) is 2.25. The van der Waals surface area contributed by atoms with Gasteiger partial charge in [0.15, 0.2) is 0 Å². The SMILES string of the molecule is O=C(O)Nc1c2c(nn1-c1ccccc1)CS(O)(O)C2. The van der Waals surface area contributed by atoms with Gasteiger partial charge in [-0.05, 0) is 12.1 Å². The highest BCUT2D eigenvalue weighted by atomic mass is 32.3. The molecule has 20 heavy (non-hydrogen) atoms. The van der Waals surface area contributed by atoms with Crippen molar-refractivity contribution in [2.45, 2.75) is 11.5 Å². The number of hydrogen-bond donors (Lipinski definition) is 4. The summed E-state index contributed by atoms with van der Waals surface area (Å²) in [5.41, 5.74) is 1.79. The molecule has 1 aromatic heterocycles. The zero-order chi connectivity index (χ0) is 14.3. The quantitative estimate of drug-likeness (QED) is 0.681. The second kappa shape index (κ2) is 4.51. The summed E-state index contributed by atoms with van der Waals surface area (Å²) in [6.07, 6.45) is -1.21. The van der Waals surface area contributed by atoms with Crippen molar-refractivity contribution in [1.29, 1.82) is 0 Å². The van der Waals surface area contributed by atoms with Gasteiger partial charge in [0, 0.05) is 5.56 Å². The molecule has 1 aliphatic heterocycles. The molecule has 1 amide bonds. The second-order valence-electron chi connectivity index (χ2n) is 4.54. The van der Waals surface area contributed by atoms with E-state index in [0.717, 1.165) is 0 Å². The average Bonchev–Trinajstić information content (AvgIpc) is 2.84. The van der Waals surface area contributed by atoms with Crippen molar-refractivity contribution in [2.75, 3.05) is 5.32 Å². The summed E-state index contributed by atoms with van der Waals surface area (Å²) in [6.45, 7) is 0. The molecule has 0 aliphatic carbocycles. The second-order valence-corrected chi connectivity index (χ2v) is 6.72. The lowest BCUT2D eigenvalue weighted by atomic mass is 10.2. The first-order valence-electron chi connectivity index (χ1n) is 5.86. The lowest BCUT2D eigenvalue weighted by molar-refractivity contribution is 0.209. The minimum absolute atomic E-state index is 0.0325. The minimum Gasteiger partial charge on any atom is -0.465 e. The molecule has 4 N–H and O–H groups in total. The number of fused-ring (bicyclic) bond motifs is 1. The van der Waals surface area contributed by atoms with Gasteiger partial charge in [0.25, 0.3) is 0 Å². The van der Waals surface area contributed by atoms with E-state index in [1.54, 1.807) is 12.1 Å². The molecule has 106 valence electrons. The molecular formula is C12H13N3O4S. The molecule has 2 aromatic rings. The molecule has 8 heteroatoms. The van der Waals surface area contributed by atoms with E-state index < -0.39 is 16.7 Å². The highest BCUT2D eigenvalue weighted by Crippen LogP contribution is 2.54. The molecule has 0 spiro atoms. The van der Waals surface area contributed by atoms with Gasteiger partial charge in [0.2, 0.25) is 0 Å². The summed E-state index contributed by atoms with van der Waals surface area (Å²) >= 11 is 0. The van der Waals surface area contributed by atoms with Gasteiger partial charge >= 0.3 is 6.09 Å². The van der Waals surface area contributed by atoms with Gasteiger partial charge in [-0.15, -0.1) is 0 Å². The summed E-state index contributed by atoms with van der Waals surface area (Å²) in [4.78, 5) is 10.9. The van der Waals surface area contributed by atoms with Gasteiger partial charge in [0.05, 0.1) is 22.9 Å². The Morgan fingerprint density at radius 2 is 1.95 bits per heavy atom. The molecule has 0 radical (unpaired) electrons. The van der Waals surface area contributed by atoms with Crippen LogP contribution < -0.4 is 5.32 Å². The van der Waals surface area contributed by atoms with Gasteiger partial charge in [0.1, 0.15) is 5.82 Å². The average molecular weight is 295 g/mol. The number of hydrogen-bond acceptors (Lipinski definition) is 4. The molecule has 1 aromatic carbocycles. The van der Waals surface area contributed by atoms with Crippen molar-refractivity contribution in [1.82, 2.24) is 9.78 Å². The van der Waals surface area contributed by atoms with Crippen LogP contribution in [-0.2, 0) is 11.5 Å². The summed E-state index contributed by atoms with van der Waals surface area (Å²) in [7, 11) is -2.73. The molecule has 0 fully saturated rings. The Hall–Kier alpha value is -2.03. The molecular weight excluding hydrogens is 282 g/mol. The number of anilines is 1. The van der Waals surface area contributed by atoms with Gasteiger partial charge in [-0.1, -0.05) is 18.2 Å². The first-order chi connectivity index (χ1) is 9.46. The monoisotopic (exact) mass is 295 g/mol. The van der Waals surface area contributed by atoms with Gasteiger partial charge in [-0.3, -0.25) is 14.4 Å². The minimum atomic E-state index is -2.73. The van der Waals surface area contributed by atoms with E-state index in [1.165, 1.54) is 4.68 Å². The van der Waals surface area contributed by atoms with Crippen molar-refractivity contribution >= 4 is 22.5 Å². The first-order valence-corrected chi connectivity index (χ1v) is 7.74. The van der Waals surface area contributed by atoms with E-state index in [-0.39, 0.29) is 17.3 Å². The van der Waals surface area contributed by atoms with Crippen LogP contribution in [0.2, 0.25) is 0 Å². The lowest BCUT2D eigenvalue weighted by Crippen LogP contribution is -2.14. The van der Waals surface area contributed by atoms with Crippen LogP contribution in [0.3, 0.4) is 0 Å². The molecule has 0 atom stereocenters. The Balaban J connectivity index is 2.11. The third-order valence-electron chi connectivity index (χ3n) is 3.04. The Morgan fingerprint density at radius 3 is 2.60 bits per heavy atom. The third-order valence-corrected chi connectivity index (χ3v) is 4.52. The Kier molecular flexibility index (Phi) is 2.93. The maximum atomic E-state index is 10.9. The van der Waals surface area contributed by atoms with Gasteiger partial charge in [-0.25, -0.2) is 9.48 Å². The van der Waals surface area contributed by atoms with Crippen molar-refractivity contribution in [3.8, 4) is 5.69 Å². The number of para-hydroxylation sites is 1. The first kappa shape index (κ1) is 13.0. The van der Waals surface area contributed by atoms with E-state index in [2.05, 4.69) is 10.4 Å². The number of amides is 1. The zero-order valence-electron chi connectivity index (χ0n) is 10.4. The standard InChI is InChI=1S/C12H13N3O4S/c16-12(17)13-11-9-6-20(18,19)7-10(9)14-15(11)8-4-2-1-3-5-8/h1-5,13,18-19H,6-7H2,(H,16,17). The van der Waals surface area contributed by atoms with Crippen LogP contribution in [0.15, 0.2) is 30.3 Å². The maximum absolute atomic E-state index is 10.9. The molecule has 2 heterocycles. The number of rotatable bonds is 2. The van der Waals surface area contributed by atoms with Crippen LogP contribution >= 0.6 is 10.6 Å². The topological polar surface area (TPSA) is 108 Å². The fraction of sp³-hybridized carbons (Fsp3) is 0.167. The predicted octanol–water partition coefficient (Wildman–Crippen LogP) is 2.73. The Labute approximate surface area is 116 Å². The van der Waals surface area contributed by atoms with E-state index in [9.17, 15) is 13.9 Å². The number of benzene rings is 1. The number of carboxylic acid groups (broad SMARTS) is 1. The summed E-state index contributed by atoms with van der Waals surface area (Å²) in [5, 5.41) is 15.5. The Morgan fingerprint density at radius 1 is 1.25 bits per heavy atom. The number of carbonyl (C=O) groups is 1. The van der Waals surface area contributed by atoms with Gasteiger partial charge in [-0.2, -0.15) is 15.7 Å². The summed E-state index contributed by atoms with van der Waals surface area (Å²) in [6, 6.07) is 9.09. The largest absolute Gasteiger partial charge is 0.465 e. The third kappa shape index (κ3) is 2.24. The molecule has 7 nitrogen and oxygen atoms in total. The van der Waals surface area contributed by atoms with E-state index in [1.807, 2.05) is 18.2 Å². The normalized spacial score (nSPS) is 17.5. The van der Waals surface area contributed by atoms with Crippen molar-refractivity contribution in [3.63, 3.8) is 0 Å². The highest BCUT2D eigenvalue weighted by Gasteiger charge is 2.33. The molecule has 0 saturated carbocycles. The van der Waals surface area contributed by atoms with Gasteiger partial charge < -0.3 is 5.11 Å². The molecule has 1 aliphatic rings. The summed E-state index contributed by atoms with van der Waals surface area (Å²) < 4.78 is 21.0. The van der Waals surface area contributed by atoms with Crippen molar-refractivity contribution < 1.29 is 19.0 Å². The number of nitrogens with one attached hydrogen (secondary N) is 1. The van der Waals surface area contributed by atoms with E-state index >= 15 is 0 Å². The molecule has 0 bridgehead atoms. The van der Waals surface area contributed by atoms with E-state index in [4.69, 9.17) is 5.11 Å². The Bertz CT molecular complexity index is 669. The number of nitrogens with zero attached hydrogens (tertiary/aromatic N) is 2. The highest BCUT2D eigenvalue weighted by molar-refractivity contribution is 8.23. The molecule has 3 rings (SSSR count). The van der Waals surface area contributed by atoms with E-state index in [0.29, 0.717) is 16.9 Å². The summed E-state index contributed by atoms with van der Waals surface area (Å²) in [5.74, 6) is 0.373.